The number of β-amino-alcohol motifs (C(OH)–C–C–N with tert-alkyl or cyclic N) is 1. The summed E-state index contributed by atoms with van der Waals surface area (Å²) in [6, 6.07) is 2.13. The molecule has 1 aromatic rings. The summed E-state index contributed by atoms with van der Waals surface area (Å²) in [4.78, 5) is 20.1. The maximum Gasteiger partial charge on any atom is 0.222 e. The Balaban J connectivity index is 1.73. The number of carbonyl (C=O) groups is 1. The lowest BCUT2D eigenvalue weighted by Gasteiger charge is -2.21. The van der Waals surface area contributed by atoms with E-state index in [9.17, 15) is 9.90 Å². The first-order chi connectivity index (χ1) is 10.5. The number of aliphatic hydroxyl groups excluding tert-OH is 1. The molecule has 0 spiro atoms. The summed E-state index contributed by atoms with van der Waals surface area (Å²) in [5.74, 6) is 0.656. The van der Waals surface area contributed by atoms with Gasteiger partial charge >= 0.3 is 0 Å². The first kappa shape index (κ1) is 15.7. The van der Waals surface area contributed by atoms with E-state index in [0.29, 0.717) is 25.4 Å². The molecule has 0 unspecified atom stereocenters. The van der Waals surface area contributed by atoms with Crippen LogP contribution in [-0.2, 0) is 4.79 Å². The molecule has 0 aromatic carbocycles. The summed E-state index contributed by atoms with van der Waals surface area (Å²) in [6.45, 7) is 1.27. The summed E-state index contributed by atoms with van der Waals surface area (Å²) in [6.07, 6.45) is 4.22. The maximum atomic E-state index is 11.9. The monoisotopic (exact) mass is 367 g/mol. The van der Waals surface area contributed by atoms with Crippen LogP contribution in [0.25, 0.3) is 0 Å². The lowest BCUT2D eigenvalue weighted by atomic mass is 10.0. The fourth-order valence-corrected chi connectivity index (χ4v) is 3.41. The molecule has 1 aliphatic carbocycles. The van der Waals surface area contributed by atoms with E-state index in [2.05, 4.69) is 31.9 Å². The number of aliphatic hydroxyl groups is 1. The van der Waals surface area contributed by atoms with Gasteiger partial charge in [-0.15, -0.1) is 0 Å². The topological polar surface area (TPSA) is 56.7 Å². The van der Waals surface area contributed by atoms with Gasteiger partial charge in [0.25, 0.3) is 0 Å². The van der Waals surface area contributed by atoms with Crippen LogP contribution in [0.5, 0.6) is 0 Å². The number of hydrogen-bond acceptors (Lipinski definition) is 4. The van der Waals surface area contributed by atoms with Gasteiger partial charge in [0.1, 0.15) is 0 Å². The molecular weight excluding hydrogens is 346 g/mol. The SMILES string of the molecule is CN(C)C(=O)C[C@@H]1CN(c2cc(C3CC3)ncc2Br)C[C@H]1O. The van der Waals surface area contributed by atoms with E-state index in [4.69, 9.17) is 0 Å². The Morgan fingerprint density at radius 1 is 1.45 bits per heavy atom. The largest absolute Gasteiger partial charge is 0.391 e. The molecule has 1 aromatic heterocycles. The quantitative estimate of drug-likeness (QED) is 0.883. The number of rotatable bonds is 4. The molecule has 1 saturated carbocycles. The highest BCUT2D eigenvalue weighted by atomic mass is 79.9. The fraction of sp³-hybridized carbons (Fsp3) is 0.625. The van der Waals surface area contributed by atoms with Gasteiger partial charge in [-0.3, -0.25) is 9.78 Å². The van der Waals surface area contributed by atoms with Gasteiger partial charge in [-0.25, -0.2) is 0 Å². The Morgan fingerprint density at radius 2 is 2.18 bits per heavy atom. The van der Waals surface area contributed by atoms with Crippen LogP contribution < -0.4 is 4.90 Å². The number of pyridine rings is 1. The molecule has 0 bridgehead atoms. The van der Waals surface area contributed by atoms with Crippen molar-refractivity contribution in [1.82, 2.24) is 9.88 Å². The maximum absolute atomic E-state index is 11.9. The lowest BCUT2D eigenvalue weighted by molar-refractivity contribution is -0.130. The standard InChI is InChI=1S/C16H22BrN3O2/c1-19(2)16(22)5-11-8-20(9-15(11)21)14-6-13(10-3-4-10)18-7-12(14)17/h6-7,10-11,15,21H,3-5,8-9H2,1-2H3/t11-,15-/m1/s1. The highest BCUT2D eigenvalue weighted by Crippen LogP contribution is 2.42. The molecule has 1 aliphatic heterocycles. The molecule has 5 nitrogen and oxygen atoms in total. The Kier molecular flexibility index (Phi) is 4.41. The van der Waals surface area contributed by atoms with Gasteiger partial charge in [0.2, 0.25) is 5.91 Å². The highest BCUT2D eigenvalue weighted by molar-refractivity contribution is 9.10. The summed E-state index contributed by atoms with van der Waals surface area (Å²) in [5, 5.41) is 10.3. The second-order valence-corrected chi connectivity index (χ2v) is 7.41. The minimum absolute atomic E-state index is 0.0145. The van der Waals surface area contributed by atoms with Crippen LogP contribution in [0.4, 0.5) is 5.69 Å². The van der Waals surface area contributed by atoms with Crippen LogP contribution >= 0.6 is 15.9 Å². The number of hydrogen-bond donors (Lipinski definition) is 1. The van der Waals surface area contributed by atoms with Crippen LogP contribution in [0.15, 0.2) is 16.7 Å². The number of carbonyl (C=O) groups excluding carboxylic acids is 1. The molecule has 1 amide bonds. The van der Waals surface area contributed by atoms with E-state index in [1.807, 2.05) is 6.20 Å². The fourth-order valence-electron chi connectivity index (χ4n) is 2.95. The van der Waals surface area contributed by atoms with Gasteiger partial charge in [-0.2, -0.15) is 0 Å². The number of nitrogens with zero attached hydrogens (tertiary/aromatic N) is 3. The predicted octanol–water partition coefficient (Wildman–Crippen LogP) is 2.00. The van der Waals surface area contributed by atoms with Crippen molar-refractivity contribution in [3.63, 3.8) is 0 Å². The number of amides is 1. The second-order valence-electron chi connectivity index (χ2n) is 6.56. The van der Waals surface area contributed by atoms with Gasteiger partial charge in [0.15, 0.2) is 0 Å². The molecule has 2 atom stereocenters. The smallest absolute Gasteiger partial charge is 0.222 e. The van der Waals surface area contributed by atoms with Crippen molar-refractivity contribution in [3.05, 3.63) is 22.4 Å². The molecular formula is C16H22BrN3O2. The van der Waals surface area contributed by atoms with Crippen molar-refractivity contribution in [2.45, 2.75) is 31.3 Å². The summed E-state index contributed by atoms with van der Waals surface area (Å²) in [7, 11) is 3.51. The molecule has 6 heteroatoms. The molecule has 1 saturated heterocycles. The van der Waals surface area contributed by atoms with E-state index >= 15 is 0 Å². The predicted molar refractivity (Wildman–Crippen MR) is 88.9 cm³/mol. The first-order valence-corrected chi connectivity index (χ1v) is 8.53. The highest BCUT2D eigenvalue weighted by Gasteiger charge is 2.35. The number of aromatic nitrogens is 1. The molecule has 2 aliphatic rings. The van der Waals surface area contributed by atoms with Crippen LogP contribution in [0.3, 0.4) is 0 Å². The zero-order valence-electron chi connectivity index (χ0n) is 13.0. The second kappa shape index (κ2) is 6.16. The Labute approximate surface area is 139 Å². The van der Waals surface area contributed by atoms with Gasteiger partial charge in [-0.05, 0) is 34.8 Å². The Bertz CT molecular complexity index is 575. The minimum atomic E-state index is -0.464. The van der Waals surface area contributed by atoms with E-state index in [1.54, 1.807) is 19.0 Å². The average molecular weight is 368 g/mol. The van der Waals surface area contributed by atoms with Crippen molar-refractivity contribution >= 4 is 27.5 Å². The lowest BCUT2D eigenvalue weighted by Crippen LogP contribution is -2.28. The van der Waals surface area contributed by atoms with E-state index in [0.717, 1.165) is 15.9 Å². The van der Waals surface area contributed by atoms with Crippen LogP contribution in [0, 0.1) is 5.92 Å². The molecule has 120 valence electrons. The normalized spacial score (nSPS) is 24.6. The van der Waals surface area contributed by atoms with Crippen molar-refractivity contribution < 1.29 is 9.90 Å². The van der Waals surface area contributed by atoms with E-state index in [-0.39, 0.29) is 11.8 Å². The van der Waals surface area contributed by atoms with Gasteiger partial charge < -0.3 is 14.9 Å². The molecule has 2 fully saturated rings. The van der Waals surface area contributed by atoms with Crippen molar-refractivity contribution in [3.8, 4) is 0 Å². The molecule has 0 radical (unpaired) electrons. The van der Waals surface area contributed by atoms with Crippen LogP contribution in [0.1, 0.15) is 30.9 Å². The van der Waals surface area contributed by atoms with Gasteiger partial charge in [0, 0.05) is 57.3 Å². The zero-order chi connectivity index (χ0) is 15.9. The minimum Gasteiger partial charge on any atom is -0.391 e. The third kappa shape index (κ3) is 3.27. The van der Waals surface area contributed by atoms with Crippen molar-refractivity contribution in [2.75, 3.05) is 32.1 Å². The van der Waals surface area contributed by atoms with Crippen molar-refractivity contribution in [2.24, 2.45) is 5.92 Å². The van der Waals surface area contributed by atoms with Crippen molar-refractivity contribution in [1.29, 1.82) is 0 Å². The van der Waals surface area contributed by atoms with E-state index < -0.39 is 6.10 Å². The third-order valence-electron chi connectivity index (χ3n) is 4.53. The van der Waals surface area contributed by atoms with E-state index in [1.165, 1.54) is 12.8 Å². The molecule has 2 heterocycles. The van der Waals surface area contributed by atoms with Gasteiger partial charge in [-0.1, -0.05) is 0 Å². The van der Waals surface area contributed by atoms with Gasteiger partial charge in [0.05, 0.1) is 16.3 Å². The number of halogens is 1. The molecule has 3 rings (SSSR count). The summed E-state index contributed by atoms with van der Waals surface area (Å²) >= 11 is 3.56. The average Bonchev–Trinajstić information content (AvgIpc) is 3.25. The first-order valence-electron chi connectivity index (χ1n) is 7.74. The summed E-state index contributed by atoms with van der Waals surface area (Å²) in [5.41, 5.74) is 2.22. The third-order valence-corrected chi connectivity index (χ3v) is 5.15. The Morgan fingerprint density at radius 3 is 2.82 bits per heavy atom. The van der Waals surface area contributed by atoms with Crippen LogP contribution in [0.2, 0.25) is 0 Å². The molecule has 22 heavy (non-hydrogen) atoms. The number of anilines is 1. The van der Waals surface area contributed by atoms with Crippen LogP contribution in [-0.4, -0.2) is 54.2 Å². The Hall–Kier alpha value is -1.14. The summed E-state index contributed by atoms with van der Waals surface area (Å²) < 4.78 is 0.948. The molecule has 1 N–H and O–H groups in total. The zero-order valence-corrected chi connectivity index (χ0v) is 14.6.